The molecule has 1 aliphatic rings. The van der Waals surface area contributed by atoms with Crippen LogP contribution in [0.3, 0.4) is 0 Å². The van der Waals surface area contributed by atoms with Crippen LogP contribution in [0.5, 0.6) is 5.75 Å². The lowest BCUT2D eigenvalue weighted by atomic mass is 9.89. The first-order valence-corrected chi connectivity index (χ1v) is 8.86. The summed E-state index contributed by atoms with van der Waals surface area (Å²) in [6, 6.07) is 6.62. The Balaban J connectivity index is 2.02. The number of carbonyl (C=O) groups is 1. The second-order valence-electron chi connectivity index (χ2n) is 5.41. The van der Waals surface area contributed by atoms with Gasteiger partial charge in [0.25, 0.3) is 0 Å². The maximum Gasteiger partial charge on any atom is 0.448 e. The Labute approximate surface area is 138 Å². The molecule has 0 fully saturated rings. The fourth-order valence-electron chi connectivity index (χ4n) is 2.43. The summed E-state index contributed by atoms with van der Waals surface area (Å²) in [5.74, 6) is -1.63. The Kier molecular flexibility index (Phi) is 5.72. The van der Waals surface area contributed by atoms with Gasteiger partial charge in [-0.15, -0.1) is 0 Å². The van der Waals surface area contributed by atoms with Crippen molar-refractivity contribution in [2.45, 2.75) is 19.3 Å². The Hall–Kier alpha value is -2.21. The zero-order chi connectivity index (χ0) is 17.7. The van der Waals surface area contributed by atoms with Crippen LogP contribution in [0, 0.1) is 5.92 Å². The van der Waals surface area contributed by atoms with E-state index in [1.807, 2.05) is 0 Å². The van der Waals surface area contributed by atoms with Gasteiger partial charge in [-0.25, -0.2) is 4.57 Å². The van der Waals surface area contributed by atoms with Crippen LogP contribution < -0.4 is 0 Å². The van der Waals surface area contributed by atoms with E-state index in [0.717, 1.165) is 5.56 Å². The number of aliphatic hydroxyl groups excluding tert-OH is 1. The summed E-state index contributed by atoms with van der Waals surface area (Å²) in [5, 5.41) is 19.1. The number of nitrogens with zero attached hydrogens (tertiary/aromatic N) is 1. The smallest absolute Gasteiger partial charge is 0.448 e. The first kappa shape index (κ1) is 18.1. The van der Waals surface area contributed by atoms with Crippen molar-refractivity contribution >= 4 is 19.2 Å². The highest BCUT2D eigenvalue weighted by Gasteiger charge is 2.30. The predicted octanol–water partition coefficient (Wildman–Crippen LogP) is 2.45. The number of benzene rings is 1. The van der Waals surface area contributed by atoms with Crippen LogP contribution in [-0.2, 0) is 15.8 Å². The molecular formula is C16H18NO6P. The average molecular weight is 351 g/mol. The summed E-state index contributed by atoms with van der Waals surface area (Å²) < 4.78 is 14.3. The van der Waals surface area contributed by atoms with Gasteiger partial charge >= 0.3 is 7.75 Å². The number of carbonyl (C=O) groups excluding carboxylic acids is 1. The van der Waals surface area contributed by atoms with Crippen LogP contribution in [0.2, 0.25) is 0 Å². The lowest BCUT2D eigenvalue weighted by molar-refractivity contribution is -0.120. The molecular weight excluding hydrogens is 333 g/mol. The molecule has 0 radical (unpaired) electrons. The molecule has 24 heavy (non-hydrogen) atoms. The molecule has 1 atom stereocenters. The van der Waals surface area contributed by atoms with Crippen molar-refractivity contribution in [3.63, 3.8) is 0 Å². The second kappa shape index (κ2) is 7.57. The lowest BCUT2D eigenvalue weighted by Gasteiger charge is -2.18. The van der Waals surface area contributed by atoms with E-state index in [-0.39, 0.29) is 29.4 Å². The summed E-state index contributed by atoms with van der Waals surface area (Å²) in [4.78, 5) is 30.3. The van der Waals surface area contributed by atoms with Gasteiger partial charge in [0, 0.05) is 6.42 Å². The SMILES string of the molecule is O=C(CCCc1ccc(O)cc1)C1C(O)=CC=C/C1=N\P(=O)(O)O. The first-order chi connectivity index (χ1) is 11.3. The largest absolute Gasteiger partial charge is 0.511 e. The first-order valence-electron chi connectivity index (χ1n) is 7.30. The number of phenols is 1. The summed E-state index contributed by atoms with van der Waals surface area (Å²) in [7, 11) is -4.69. The zero-order valence-electron chi connectivity index (χ0n) is 12.7. The lowest BCUT2D eigenvalue weighted by Crippen LogP contribution is -2.26. The van der Waals surface area contributed by atoms with Crippen molar-refractivity contribution in [3.8, 4) is 5.75 Å². The third-order valence-corrected chi connectivity index (χ3v) is 4.01. The van der Waals surface area contributed by atoms with Crippen LogP contribution in [0.15, 0.2) is 53.0 Å². The molecule has 0 saturated carbocycles. The average Bonchev–Trinajstić information content (AvgIpc) is 2.47. The third kappa shape index (κ3) is 5.16. The van der Waals surface area contributed by atoms with E-state index < -0.39 is 13.7 Å². The molecule has 0 aliphatic heterocycles. The van der Waals surface area contributed by atoms with Crippen molar-refractivity contribution in [1.82, 2.24) is 0 Å². The number of phenolic OH excluding ortho intramolecular Hbond substituents is 1. The standard InChI is InChI=1S/C16H18NO6P/c18-12-9-7-11(8-10-12)3-1-5-14(19)16-13(17-24(21,22)23)4-2-6-15(16)20/h2,4,6-10,16,18,20H,1,3,5H2,(H2,21,22,23)/b17-13+. The monoisotopic (exact) mass is 351 g/mol. The summed E-state index contributed by atoms with van der Waals surface area (Å²) in [6.07, 6.45) is 5.22. The second-order valence-corrected chi connectivity index (χ2v) is 6.63. The zero-order valence-corrected chi connectivity index (χ0v) is 13.6. The van der Waals surface area contributed by atoms with E-state index in [0.29, 0.717) is 12.8 Å². The van der Waals surface area contributed by atoms with E-state index in [9.17, 15) is 19.6 Å². The molecule has 0 heterocycles. The quantitative estimate of drug-likeness (QED) is 0.583. The van der Waals surface area contributed by atoms with Gasteiger partial charge in [-0.2, -0.15) is 4.76 Å². The summed E-state index contributed by atoms with van der Waals surface area (Å²) >= 11 is 0. The number of aromatic hydroxyl groups is 1. The fourth-order valence-corrected chi connectivity index (χ4v) is 2.92. The molecule has 0 bridgehead atoms. The number of rotatable bonds is 6. The number of hydrogen-bond acceptors (Lipinski definition) is 4. The highest BCUT2D eigenvalue weighted by atomic mass is 31.2. The van der Waals surface area contributed by atoms with Crippen LogP contribution in [0.4, 0.5) is 0 Å². The predicted molar refractivity (Wildman–Crippen MR) is 88.9 cm³/mol. The minimum atomic E-state index is -4.69. The minimum absolute atomic E-state index is 0.122. The Bertz CT molecular complexity index is 744. The molecule has 4 N–H and O–H groups in total. The van der Waals surface area contributed by atoms with Crippen LogP contribution in [0.1, 0.15) is 18.4 Å². The fraction of sp³-hybridized carbons (Fsp3) is 0.250. The molecule has 1 aromatic carbocycles. The topological polar surface area (TPSA) is 127 Å². The van der Waals surface area contributed by atoms with Crippen molar-refractivity contribution in [3.05, 3.63) is 53.8 Å². The van der Waals surface area contributed by atoms with Gasteiger partial charge in [-0.1, -0.05) is 18.2 Å². The van der Waals surface area contributed by atoms with E-state index in [2.05, 4.69) is 4.76 Å². The maximum absolute atomic E-state index is 12.3. The van der Waals surface area contributed by atoms with Crippen molar-refractivity contribution < 1.29 is 29.4 Å². The van der Waals surface area contributed by atoms with Crippen LogP contribution in [0.25, 0.3) is 0 Å². The Morgan fingerprint density at radius 1 is 1.17 bits per heavy atom. The molecule has 0 aromatic heterocycles. The molecule has 128 valence electrons. The highest BCUT2D eigenvalue weighted by Crippen LogP contribution is 2.38. The van der Waals surface area contributed by atoms with E-state index in [4.69, 9.17) is 9.79 Å². The Morgan fingerprint density at radius 2 is 1.83 bits per heavy atom. The van der Waals surface area contributed by atoms with Crippen molar-refractivity contribution in [1.29, 1.82) is 0 Å². The molecule has 2 rings (SSSR count). The number of aliphatic hydroxyl groups is 1. The van der Waals surface area contributed by atoms with Crippen molar-refractivity contribution in [2.75, 3.05) is 0 Å². The highest BCUT2D eigenvalue weighted by molar-refractivity contribution is 7.50. The summed E-state index contributed by atoms with van der Waals surface area (Å²) in [5.41, 5.74) is 0.811. The molecule has 8 heteroatoms. The molecule has 1 aliphatic carbocycles. The number of aryl methyl sites for hydroxylation is 1. The maximum atomic E-state index is 12.3. The molecule has 0 spiro atoms. The van der Waals surface area contributed by atoms with Gasteiger partial charge in [-0.05, 0) is 42.7 Å². The van der Waals surface area contributed by atoms with E-state index >= 15 is 0 Å². The van der Waals surface area contributed by atoms with Gasteiger partial charge in [0.2, 0.25) is 0 Å². The van der Waals surface area contributed by atoms with Crippen LogP contribution in [-0.4, -0.2) is 31.5 Å². The van der Waals surface area contributed by atoms with Gasteiger partial charge in [-0.3, -0.25) is 4.79 Å². The molecule has 7 nitrogen and oxygen atoms in total. The number of Topliss-reactive ketones (excluding diaryl/α,β-unsaturated/α-hetero) is 1. The van der Waals surface area contributed by atoms with Gasteiger partial charge in [0.05, 0.1) is 5.71 Å². The number of allylic oxidation sites excluding steroid dienone is 4. The number of ketones is 1. The molecule has 1 aromatic rings. The molecule has 0 amide bonds. The van der Waals surface area contributed by atoms with Gasteiger partial charge in [0.15, 0.2) is 0 Å². The molecule has 0 saturated heterocycles. The van der Waals surface area contributed by atoms with Crippen LogP contribution >= 0.6 is 7.75 Å². The normalized spacial score (nSPS) is 19.3. The summed E-state index contributed by atoms with van der Waals surface area (Å²) in [6.45, 7) is 0. The Morgan fingerprint density at radius 3 is 2.46 bits per heavy atom. The third-order valence-electron chi connectivity index (χ3n) is 3.52. The van der Waals surface area contributed by atoms with E-state index in [1.54, 1.807) is 24.3 Å². The van der Waals surface area contributed by atoms with E-state index in [1.165, 1.54) is 18.2 Å². The number of hydrogen-bond donors (Lipinski definition) is 4. The molecule has 1 unspecified atom stereocenters. The minimum Gasteiger partial charge on any atom is -0.511 e. The van der Waals surface area contributed by atoms with Gasteiger partial charge in [0.1, 0.15) is 23.2 Å². The van der Waals surface area contributed by atoms with Gasteiger partial charge < -0.3 is 20.0 Å². The van der Waals surface area contributed by atoms with Crippen molar-refractivity contribution in [2.24, 2.45) is 10.7 Å².